The van der Waals surface area contributed by atoms with Crippen LogP contribution in [0.25, 0.3) is 0 Å². The number of hydrogen-bond donors (Lipinski definition) is 0. The second-order valence-corrected chi connectivity index (χ2v) is 5.09. The topological polar surface area (TPSA) is 38.8 Å². The van der Waals surface area contributed by atoms with Gasteiger partial charge in [-0.1, -0.05) is 13.0 Å². The molecule has 1 aromatic carbocycles. The molecule has 0 aliphatic carbocycles. The first-order valence-electron chi connectivity index (χ1n) is 7.24. The van der Waals surface area contributed by atoms with Crippen LogP contribution in [0, 0.1) is 0 Å². The lowest BCUT2D eigenvalue weighted by molar-refractivity contribution is 0.0601. The van der Waals surface area contributed by atoms with Crippen molar-refractivity contribution in [1.29, 1.82) is 0 Å². The average Bonchev–Trinajstić information content (AvgIpc) is 2.53. The Bertz CT molecular complexity index is 451. The van der Waals surface area contributed by atoms with Crippen LogP contribution in [-0.2, 0) is 0 Å². The van der Waals surface area contributed by atoms with E-state index in [4.69, 9.17) is 9.47 Å². The smallest absolute Gasteiger partial charge is 0.261 e. The van der Waals surface area contributed by atoms with E-state index >= 15 is 0 Å². The van der Waals surface area contributed by atoms with Crippen LogP contribution in [0.2, 0.25) is 0 Å². The van der Waals surface area contributed by atoms with Gasteiger partial charge in [0.1, 0.15) is 17.1 Å². The average molecular weight is 277 g/mol. The van der Waals surface area contributed by atoms with Gasteiger partial charge in [0.25, 0.3) is 5.91 Å². The number of piperidine rings is 1. The molecule has 0 unspecified atom stereocenters. The Kier molecular flexibility index (Phi) is 4.88. The summed E-state index contributed by atoms with van der Waals surface area (Å²) < 4.78 is 10.7. The number of amides is 1. The number of ether oxygens (including phenoxy) is 2. The summed E-state index contributed by atoms with van der Waals surface area (Å²) in [6.07, 6.45) is 4.34. The van der Waals surface area contributed by atoms with Crippen LogP contribution >= 0.6 is 0 Å². The summed E-state index contributed by atoms with van der Waals surface area (Å²) in [4.78, 5) is 14.9. The number of benzene rings is 1. The number of carbonyl (C=O) groups is 1. The molecule has 0 spiro atoms. The molecule has 1 fully saturated rings. The van der Waals surface area contributed by atoms with Crippen molar-refractivity contribution in [3.63, 3.8) is 0 Å². The van der Waals surface area contributed by atoms with E-state index in [-0.39, 0.29) is 5.91 Å². The third kappa shape index (κ3) is 2.74. The van der Waals surface area contributed by atoms with E-state index in [1.807, 2.05) is 11.0 Å². The molecule has 110 valence electrons. The van der Waals surface area contributed by atoms with Gasteiger partial charge < -0.3 is 14.4 Å². The number of rotatable bonds is 4. The molecule has 20 heavy (non-hydrogen) atoms. The van der Waals surface area contributed by atoms with Gasteiger partial charge in [-0.25, -0.2) is 0 Å². The molecule has 2 rings (SSSR count). The molecule has 1 aliphatic heterocycles. The van der Waals surface area contributed by atoms with Crippen molar-refractivity contribution in [3.8, 4) is 11.5 Å². The molecule has 1 heterocycles. The number of carbonyl (C=O) groups excluding carboxylic acids is 1. The van der Waals surface area contributed by atoms with Crippen LogP contribution in [-0.4, -0.2) is 37.6 Å². The van der Waals surface area contributed by atoms with E-state index in [2.05, 4.69) is 6.92 Å². The van der Waals surface area contributed by atoms with Gasteiger partial charge in [-0.3, -0.25) is 4.79 Å². The van der Waals surface area contributed by atoms with Crippen molar-refractivity contribution in [3.05, 3.63) is 23.8 Å². The number of methoxy groups -OCH3 is 2. The van der Waals surface area contributed by atoms with Crippen molar-refractivity contribution >= 4 is 5.91 Å². The van der Waals surface area contributed by atoms with E-state index in [1.54, 1.807) is 26.4 Å². The van der Waals surface area contributed by atoms with Gasteiger partial charge in [-0.2, -0.15) is 0 Å². The van der Waals surface area contributed by atoms with Gasteiger partial charge >= 0.3 is 0 Å². The summed E-state index contributed by atoms with van der Waals surface area (Å²) in [5.74, 6) is 1.18. The molecule has 4 nitrogen and oxygen atoms in total. The van der Waals surface area contributed by atoms with Gasteiger partial charge in [0, 0.05) is 12.6 Å². The van der Waals surface area contributed by atoms with Gasteiger partial charge in [0.05, 0.1) is 14.2 Å². The van der Waals surface area contributed by atoms with E-state index in [9.17, 15) is 4.79 Å². The van der Waals surface area contributed by atoms with Crippen molar-refractivity contribution in [2.45, 2.75) is 38.6 Å². The maximum atomic E-state index is 12.9. The summed E-state index contributed by atoms with van der Waals surface area (Å²) >= 11 is 0. The van der Waals surface area contributed by atoms with Crippen LogP contribution < -0.4 is 9.47 Å². The van der Waals surface area contributed by atoms with Crippen molar-refractivity contribution in [2.75, 3.05) is 20.8 Å². The molecule has 4 heteroatoms. The van der Waals surface area contributed by atoms with Gasteiger partial charge in [0.15, 0.2) is 0 Å². The van der Waals surface area contributed by atoms with Gasteiger partial charge in [-0.15, -0.1) is 0 Å². The second kappa shape index (κ2) is 6.64. The molecular weight excluding hydrogens is 254 g/mol. The first kappa shape index (κ1) is 14.7. The molecule has 1 aromatic rings. The number of hydrogen-bond acceptors (Lipinski definition) is 3. The maximum Gasteiger partial charge on any atom is 0.261 e. The summed E-state index contributed by atoms with van der Waals surface area (Å²) in [5.41, 5.74) is 0.540. The lowest BCUT2D eigenvalue weighted by Gasteiger charge is -2.35. The molecule has 0 N–H and O–H groups in total. The Hall–Kier alpha value is -1.71. The highest BCUT2D eigenvalue weighted by atomic mass is 16.5. The minimum atomic E-state index is 0.0193. The lowest BCUT2D eigenvalue weighted by Crippen LogP contribution is -2.43. The fourth-order valence-electron chi connectivity index (χ4n) is 2.90. The third-order valence-electron chi connectivity index (χ3n) is 4.00. The molecule has 0 aromatic heterocycles. The molecule has 0 saturated carbocycles. The second-order valence-electron chi connectivity index (χ2n) is 5.09. The molecular formula is C16H23NO3. The normalized spacial score (nSPS) is 18.8. The standard InChI is InChI=1S/C16H23NO3/c1-4-12-8-5-6-11-17(12)16(18)15-13(19-2)9-7-10-14(15)20-3/h7,9-10,12H,4-6,8,11H2,1-3H3/t12-/m1/s1. The highest BCUT2D eigenvalue weighted by Crippen LogP contribution is 2.32. The summed E-state index contributed by atoms with van der Waals surface area (Å²) in [5, 5.41) is 0. The van der Waals surface area contributed by atoms with Gasteiger partial charge in [0.2, 0.25) is 0 Å². The Morgan fingerprint density at radius 2 is 1.90 bits per heavy atom. The van der Waals surface area contributed by atoms with Crippen molar-refractivity contribution in [2.24, 2.45) is 0 Å². The predicted molar refractivity (Wildman–Crippen MR) is 78.5 cm³/mol. The van der Waals surface area contributed by atoms with Crippen LogP contribution in [0.3, 0.4) is 0 Å². The molecule has 0 radical (unpaired) electrons. The zero-order chi connectivity index (χ0) is 14.5. The van der Waals surface area contributed by atoms with Crippen LogP contribution in [0.1, 0.15) is 43.0 Å². The van der Waals surface area contributed by atoms with Gasteiger partial charge in [-0.05, 0) is 37.8 Å². The molecule has 1 amide bonds. The number of nitrogens with zero attached hydrogens (tertiary/aromatic N) is 1. The fraction of sp³-hybridized carbons (Fsp3) is 0.562. The zero-order valence-electron chi connectivity index (χ0n) is 12.5. The largest absolute Gasteiger partial charge is 0.496 e. The van der Waals surface area contributed by atoms with E-state index in [0.717, 1.165) is 25.8 Å². The minimum absolute atomic E-state index is 0.0193. The summed E-state index contributed by atoms with van der Waals surface area (Å²) in [7, 11) is 3.16. The van der Waals surface area contributed by atoms with E-state index in [1.165, 1.54) is 6.42 Å². The predicted octanol–water partition coefficient (Wildman–Crippen LogP) is 3.11. The quantitative estimate of drug-likeness (QED) is 0.849. The Morgan fingerprint density at radius 3 is 2.45 bits per heavy atom. The Morgan fingerprint density at radius 1 is 1.25 bits per heavy atom. The maximum absolute atomic E-state index is 12.9. The molecule has 0 bridgehead atoms. The highest BCUT2D eigenvalue weighted by molar-refractivity contribution is 6.00. The van der Waals surface area contributed by atoms with Crippen LogP contribution in [0.15, 0.2) is 18.2 Å². The minimum Gasteiger partial charge on any atom is -0.496 e. The summed E-state index contributed by atoms with van der Waals surface area (Å²) in [6, 6.07) is 5.77. The van der Waals surface area contributed by atoms with Crippen LogP contribution in [0.4, 0.5) is 0 Å². The van der Waals surface area contributed by atoms with Crippen molar-refractivity contribution in [1.82, 2.24) is 4.90 Å². The highest BCUT2D eigenvalue weighted by Gasteiger charge is 2.30. The first-order chi connectivity index (χ1) is 9.72. The zero-order valence-corrected chi connectivity index (χ0v) is 12.5. The Labute approximate surface area is 120 Å². The number of likely N-dealkylation sites (tertiary alicyclic amines) is 1. The molecule has 1 atom stereocenters. The molecule has 1 aliphatic rings. The van der Waals surface area contributed by atoms with E-state index in [0.29, 0.717) is 23.1 Å². The van der Waals surface area contributed by atoms with E-state index < -0.39 is 0 Å². The monoisotopic (exact) mass is 277 g/mol. The van der Waals surface area contributed by atoms with Crippen molar-refractivity contribution < 1.29 is 14.3 Å². The molecule has 1 saturated heterocycles. The first-order valence-corrected chi connectivity index (χ1v) is 7.24. The van der Waals surface area contributed by atoms with Crippen LogP contribution in [0.5, 0.6) is 11.5 Å². The Balaban J connectivity index is 2.36. The fourth-order valence-corrected chi connectivity index (χ4v) is 2.90. The lowest BCUT2D eigenvalue weighted by atomic mass is 9.98. The summed E-state index contributed by atoms with van der Waals surface area (Å²) in [6.45, 7) is 2.95. The third-order valence-corrected chi connectivity index (χ3v) is 4.00. The SMILES string of the molecule is CC[C@@H]1CCCCN1C(=O)c1c(OC)cccc1OC.